The van der Waals surface area contributed by atoms with Crippen molar-refractivity contribution < 1.29 is 4.39 Å². The average molecular weight is 394 g/mol. The molecule has 4 heteroatoms. The summed E-state index contributed by atoms with van der Waals surface area (Å²) in [4.78, 5) is 6.51. The number of rotatable bonds is 5. The predicted octanol–water partition coefficient (Wildman–Crippen LogP) is 7.69. The number of thiocarbonyl (C=S) groups is 1. The first-order valence-corrected chi connectivity index (χ1v) is 10.5. The second-order valence-electron chi connectivity index (χ2n) is 7.07. The van der Waals surface area contributed by atoms with E-state index in [1.165, 1.54) is 53.5 Å². The summed E-state index contributed by atoms with van der Waals surface area (Å²) in [6.07, 6.45) is 6.77. The van der Waals surface area contributed by atoms with Gasteiger partial charge in [-0.25, -0.2) is 4.39 Å². The molecule has 1 aliphatic carbocycles. The lowest BCUT2D eigenvalue weighted by atomic mass is 10.0. The number of nitrogens with zero attached hydrogens (tertiary/aromatic N) is 1. The molecule has 4 rings (SSSR count). The van der Waals surface area contributed by atoms with Crippen LogP contribution in [0.4, 0.5) is 10.1 Å². The Kier molecular flexibility index (Phi) is 5.58. The summed E-state index contributed by atoms with van der Waals surface area (Å²) >= 11 is 6.43. The molecule has 0 unspecified atom stereocenters. The standard InChI is InChI=1S/C23H20FNS2/c24-21-14-19(9-11-22(21)25-15-26)17-5-7-18(8-6-17)23-12-10-20(27-23)13-16-3-1-2-4-16/h5-12,14,16H,1-4,13H2. The van der Waals surface area contributed by atoms with E-state index in [-0.39, 0.29) is 11.5 Å². The van der Waals surface area contributed by atoms with Crippen LogP contribution in [-0.2, 0) is 6.42 Å². The van der Waals surface area contributed by atoms with E-state index < -0.39 is 0 Å². The summed E-state index contributed by atoms with van der Waals surface area (Å²) in [7, 11) is 0. The van der Waals surface area contributed by atoms with E-state index in [1.807, 2.05) is 29.5 Å². The third-order valence-electron chi connectivity index (χ3n) is 5.24. The molecule has 1 aromatic heterocycles. The van der Waals surface area contributed by atoms with Crippen LogP contribution in [0.2, 0.25) is 0 Å². The number of benzene rings is 2. The first-order chi connectivity index (χ1) is 13.2. The van der Waals surface area contributed by atoms with E-state index in [4.69, 9.17) is 0 Å². The van der Waals surface area contributed by atoms with Gasteiger partial charge in [0.2, 0.25) is 0 Å². The zero-order chi connectivity index (χ0) is 18.6. The summed E-state index contributed by atoms with van der Waals surface area (Å²) in [5.74, 6) is 0.489. The molecule has 27 heavy (non-hydrogen) atoms. The van der Waals surface area contributed by atoms with Crippen molar-refractivity contribution in [1.82, 2.24) is 0 Å². The highest BCUT2D eigenvalue weighted by Gasteiger charge is 2.16. The molecule has 0 radical (unpaired) electrons. The second kappa shape index (κ2) is 8.26. The normalized spacial score (nSPS) is 14.3. The Bertz CT molecular complexity index is 978. The highest BCUT2D eigenvalue weighted by molar-refractivity contribution is 7.78. The van der Waals surface area contributed by atoms with Gasteiger partial charge in [0.15, 0.2) is 0 Å². The zero-order valence-electron chi connectivity index (χ0n) is 15.0. The molecule has 1 aliphatic rings. The van der Waals surface area contributed by atoms with E-state index in [2.05, 4.69) is 46.6 Å². The number of aliphatic imine (C=N–C) groups is 1. The van der Waals surface area contributed by atoms with Gasteiger partial charge in [-0.1, -0.05) is 56.0 Å². The van der Waals surface area contributed by atoms with Gasteiger partial charge in [0.05, 0.1) is 5.16 Å². The Morgan fingerprint density at radius 3 is 2.37 bits per heavy atom. The molecular weight excluding hydrogens is 373 g/mol. The molecule has 1 heterocycles. The number of hydrogen-bond acceptors (Lipinski definition) is 3. The molecule has 0 bridgehead atoms. The smallest absolute Gasteiger partial charge is 0.150 e. The molecule has 0 aliphatic heterocycles. The Morgan fingerprint density at radius 1 is 0.963 bits per heavy atom. The molecule has 0 saturated heterocycles. The molecule has 0 amide bonds. The number of halogens is 1. The summed E-state index contributed by atoms with van der Waals surface area (Å²) in [5.41, 5.74) is 3.25. The fraction of sp³-hybridized carbons (Fsp3) is 0.261. The summed E-state index contributed by atoms with van der Waals surface area (Å²) < 4.78 is 14.1. The molecule has 1 saturated carbocycles. The van der Waals surface area contributed by atoms with Crippen molar-refractivity contribution in [1.29, 1.82) is 0 Å². The Balaban J connectivity index is 1.51. The van der Waals surface area contributed by atoms with Crippen LogP contribution in [-0.4, -0.2) is 5.16 Å². The molecule has 2 aromatic carbocycles. The minimum atomic E-state index is -0.385. The van der Waals surface area contributed by atoms with Gasteiger partial charge in [-0.3, -0.25) is 0 Å². The van der Waals surface area contributed by atoms with Crippen molar-refractivity contribution in [2.45, 2.75) is 32.1 Å². The fourth-order valence-electron chi connectivity index (χ4n) is 3.80. The maximum Gasteiger partial charge on any atom is 0.150 e. The average Bonchev–Trinajstić information content (AvgIpc) is 3.36. The van der Waals surface area contributed by atoms with Gasteiger partial charge in [-0.2, -0.15) is 4.99 Å². The lowest BCUT2D eigenvalue weighted by Gasteiger charge is -2.06. The van der Waals surface area contributed by atoms with Gasteiger partial charge in [0.25, 0.3) is 0 Å². The van der Waals surface area contributed by atoms with Crippen LogP contribution >= 0.6 is 23.6 Å². The molecule has 0 spiro atoms. The van der Waals surface area contributed by atoms with Crippen LogP contribution in [0, 0.1) is 11.7 Å². The van der Waals surface area contributed by atoms with Crippen LogP contribution in [0.25, 0.3) is 21.6 Å². The van der Waals surface area contributed by atoms with Crippen LogP contribution in [0.1, 0.15) is 30.6 Å². The summed E-state index contributed by atoms with van der Waals surface area (Å²) in [5, 5.41) is 2.20. The molecule has 1 nitrogen and oxygen atoms in total. The Hall–Kier alpha value is -2.13. The van der Waals surface area contributed by atoms with Gasteiger partial charge in [-0.05, 0) is 65.5 Å². The predicted molar refractivity (Wildman–Crippen MR) is 115 cm³/mol. The number of hydrogen-bond donors (Lipinski definition) is 0. The van der Waals surface area contributed by atoms with Gasteiger partial charge in [0.1, 0.15) is 11.5 Å². The van der Waals surface area contributed by atoms with Crippen molar-refractivity contribution in [3.8, 4) is 21.6 Å². The van der Waals surface area contributed by atoms with Crippen LogP contribution in [0.5, 0.6) is 0 Å². The topological polar surface area (TPSA) is 12.4 Å². The molecule has 1 fully saturated rings. The molecule has 0 N–H and O–H groups in total. The molecule has 136 valence electrons. The summed E-state index contributed by atoms with van der Waals surface area (Å²) in [6.45, 7) is 0. The highest BCUT2D eigenvalue weighted by atomic mass is 32.1. The second-order valence-corrected chi connectivity index (χ2v) is 8.42. The van der Waals surface area contributed by atoms with E-state index in [1.54, 1.807) is 6.07 Å². The fourth-order valence-corrected chi connectivity index (χ4v) is 5.02. The van der Waals surface area contributed by atoms with E-state index in [0.717, 1.165) is 17.0 Å². The van der Waals surface area contributed by atoms with Gasteiger partial charge in [-0.15, -0.1) is 11.3 Å². The van der Waals surface area contributed by atoms with Crippen molar-refractivity contribution >= 4 is 34.4 Å². The van der Waals surface area contributed by atoms with Crippen molar-refractivity contribution in [3.05, 3.63) is 65.3 Å². The SMILES string of the molecule is Fc1cc(-c2ccc(-c3ccc(CC4CCCC4)s3)cc2)ccc1N=C=S. The van der Waals surface area contributed by atoms with Gasteiger partial charge >= 0.3 is 0 Å². The number of isothiocyanates is 1. The van der Waals surface area contributed by atoms with Crippen LogP contribution in [0.15, 0.2) is 59.6 Å². The molecule has 0 atom stereocenters. The van der Waals surface area contributed by atoms with Gasteiger partial charge in [0, 0.05) is 9.75 Å². The minimum absolute atomic E-state index is 0.221. The van der Waals surface area contributed by atoms with Crippen molar-refractivity contribution in [2.75, 3.05) is 0 Å². The number of thiophene rings is 1. The quantitative estimate of drug-likeness (QED) is 0.320. The van der Waals surface area contributed by atoms with Crippen LogP contribution < -0.4 is 0 Å². The monoisotopic (exact) mass is 393 g/mol. The van der Waals surface area contributed by atoms with Crippen LogP contribution in [0.3, 0.4) is 0 Å². The highest BCUT2D eigenvalue weighted by Crippen LogP contribution is 2.34. The Labute approximate surface area is 168 Å². The molecule has 3 aromatic rings. The van der Waals surface area contributed by atoms with E-state index in [9.17, 15) is 4.39 Å². The maximum absolute atomic E-state index is 14.1. The summed E-state index contributed by atoms with van der Waals surface area (Å²) in [6, 6.07) is 17.8. The first-order valence-electron chi connectivity index (χ1n) is 9.30. The first kappa shape index (κ1) is 18.2. The third kappa shape index (κ3) is 4.24. The maximum atomic E-state index is 14.1. The van der Waals surface area contributed by atoms with E-state index >= 15 is 0 Å². The minimum Gasteiger partial charge on any atom is -0.205 e. The van der Waals surface area contributed by atoms with E-state index in [0.29, 0.717) is 0 Å². The lowest BCUT2D eigenvalue weighted by Crippen LogP contribution is -1.95. The van der Waals surface area contributed by atoms with Crippen molar-refractivity contribution in [3.63, 3.8) is 0 Å². The van der Waals surface area contributed by atoms with Crippen molar-refractivity contribution in [2.24, 2.45) is 10.9 Å². The van der Waals surface area contributed by atoms with Gasteiger partial charge < -0.3 is 0 Å². The lowest BCUT2D eigenvalue weighted by molar-refractivity contribution is 0.551. The molecular formula is C23H20FNS2. The largest absolute Gasteiger partial charge is 0.205 e. The zero-order valence-corrected chi connectivity index (χ0v) is 16.6. The third-order valence-corrected chi connectivity index (χ3v) is 6.49. The Morgan fingerprint density at radius 2 is 1.67 bits per heavy atom.